The molecule has 2 heteroatoms. The normalized spacial score (nSPS) is 43.4. The Labute approximate surface area is 97.7 Å². The molecule has 2 nitrogen and oxygen atoms in total. The third-order valence-corrected chi connectivity index (χ3v) is 4.87. The van der Waals surface area contributed by atoms with Gasteiger partial charge in [-0.2, -0.15) is 0 Å². The lowest BCUT2D eigenvalue weighted by molar-refractivity contribution is -0.158. The Bertz CT molecular complexity index is 345. The van der Waals surface area contributed by atoms with Crippen molar-refractivity contribution in [3.63, 3.8) is 0 Å². The van der Waals surface area contributed by atoms with Crippen LogP contribution in [-0.2, 0) is 4.79 Å². The third-order valence-electron chi connectivity index (χ3n) is 4.87. The van der Waals surface area contributed by atoms with Gasteiger partial charge in [0.25, 0.3) is 0 Å². The SMILES string of the molecule is CC1=CC2(C)CCCC(C)(C(=O)O)C2CC1. The average molecular weight is 222 g/mol. The number of hydrogen-bond donors (Lipinski definition) is 1. The third kappa shape index (κ3) is 1.59. The summed E-state index contributed by atoms with van der Waals surface area (Å²) in [5.41, 5.74) is 1.05. The maximum atomic E-state index is 11.5. The molecule has 0 radical (unpaired) electrons. The smallest absolute Gasteiger partial charge is 0.309 e. The first-order valence-electron chi connectivity index (χ1n) is 6.30. The van der Waals surface area contributed by atoms with Crippen LogP contribution < -0.4 is 0 Å². The first kappa shape index (κ1) is 11.7. The fourth-order valence-electron chi connectivity index (χ4n) is 4.00. The van der Waals surface area contributed by atoms with Gasteiger partial charge in [-0.25, -0.2) is 0 Å². The van der Waals surface area contributed by atoms with E-state index < -0.39 is 11.4 Å². The molecule has 2 aliphatic rings. The number of carboxylic acid groups (broad SMARTS) is 1. The van der Waals surface area contributed by atoms with E-state index in [4.69, 9.17) is 0 Å². The zero-order valence-electron chi connectivity index (χ0n) is 10.5. The van der Waals surface area contributed by atoms with Crippen LogP contribution in [0.5, 0.6) is 0 Å². The Balaban J connectivity index is 2.39. The second kappa shape index (κ2) is 3.61. The monoisotopic (exact) mass is 222 g/mol. The van der Waals surface area contributed by atoms with Crippen molar-refractivity contribution in [1.29, 1.82) is 0 Å². The summed E-state index contributed by atoms with van der Waals surface area (Å²) in [6.45, 7) is 6.38. The van der Waals surface area contributed by atoms with Gasteiger partial charge in [-0.15, -0.1) is 0 Å². The van der Waals surface area contributed by atoms with Crippen molar-refractivity contribution in [2.24, 2.45) is 16.7 Å². The van der Waals surface area contributed by atoms with Crippen molar-refractivity contribution >= 4 is 5.97 Å². The Hall–Kier alpha value is -0.790. The maximum Gasteiger partial charge on any atom is 0.309 e. The first-order valence-corrected chi connectivity index (χ1v) is 6.30. The minimum Gasteiger partial charge on any atom is -0.481 e. The van der Waals surface area contributed by atoms with Crippen LogP contribution in [0.3, 0.4) is 0 Å². The fourth-order valence-corrected chi connectivity index (χ4v) is 4.00. The van der Waals surface area contributed by atoms with E-state index in [1.165, 1.54) is 5.57 Å². The van der Waals surface area contributed by atoms with Crippen LogP contribution in [-0.4, -0.2) is 11.1 Å². The molecule has 16 heavy (non-hydrogen) atoms. The molecule has 0 aromatic heterocycles. The lowest BCUT2D eigenvalue weighted by Crippen LogP contribution is -2.48. The predicted molar refractivity (Wildman–Crippen MR) is 64.2 cm³/mol. The maximum absolute atomic E-state index is 11.5. The molecule has 2 aliphatic carbocycles. The average Bonchev–Trinajstić information content (AvgIpc) is 2.15. The number of aliphatic carboxylic acids is 1. The highest BCUT2D eigenvalue weighted by molar-refractivity contribution is 5.75. The summed E-state index contributed by atoms with van der Waals surface area (Å²) in [6.07, 6.45) is 7.50. The van der Waals surface area contributed by atoms with E-state index in [1.807, 2.05) is 6.92 Å². The van der Waals surface area contributed by atoms with Crippen molar-refractivity contribution in [3.05, 3.63) is 11.6 Å². The zero-order chi connectivity index (χ0) is 12.0. The highest BCUT2D eigenvalue weighted by atomic mass is 16.4. The van der Waals surface area contributed by atoms with Crippen molar-refractivity contribution in [3.8, 4) is 0 Å². The number of carboxylic acids is 1. The van der Waals surface area contributed by atoms with Gasteiger partial charge in [-0.1, -0.05) is 25.0 Å². The van der Waals surface area contributed by atoms with E-state index in [1.54, 1.807) is 0 Å². The molecule has 3 unspecified atom stereocenters. The molecule has 1 fully saturated rings. The molecule has 3 atom stereocenters. The zero-order valence-corrected chi connectivity index (χ0v) is 10.5. The van der Waals surface area contributed by atoms with Crippen LogP contribution in [0.15, 0.2) is 11.6 Å². The van der Waals surface area contributed by atoms with Crippen LogP contribution in [0, 0.1) is 16.7 Å². The van der Waals surface area contributed by atoms with Crippen molar-refractivity contribution in [1.82, 2.24) is 0 Å². The van der Waals surface area contributed by atoms with Crippen LogP contribution in [0.2, 0.25) is 0 Å². The second-order valence-electron chi connectivity index (χ2n) is 6.16. The van der Waals surface area contributed by atoms with E-state index in [0.717, 1.165) is 32.1 Å². The van der Waals surface area contributed by atoms with E-state index in [-0.39, 0.29) is 5.41 Å². The summed E-state index contributed by atoms with van der Waals surface area (Å²) in [6, 6.07) is 0. The summed E-state index contributed by atoms with van der Waals surface area (Å²) in [5.74, 6) is -0.286. The predicted octanol–water partition coefficient (Wildman–Crippen LogP) is 3.62. The van der Waals surface area contributed by atoms with Gasteiger partial charge >= 0.3 is 5.97 Å². The molecule has 0 aromatic rings. The molecule has 0 bridgehead atoms. The molecule has 2 rings (SSSR count). The summed E-state index contributed by atoms with van der Waals surface area (Å²) >= 11 is 0. The van der Waals surface area contributed by atoms with E-state index in [2.05, 4.69) is 19.9 Å². The highest BCUT2D eigenvalue weighted by Gasteiger charge is 2.52. The minimum absolute atomic E-state index is 0.119. The van der Waals surface area contributed by atoms with Gasteiger partial charge in [-0.3, -0.25) is 4.79 Å². The standard InChI is InChI=1S/C14H22O2/c1-10-5-6-11-13(2,9-10)7-4-8-14(11,3)12(15)16/h9,11H,4-8H2,1-3H3,(H,15,16). The number of rotatable bonds is 1. The molecule has 0 heterocycles. The Morgan fingerprint density at radius 1 is 1.44 bits per heavy atom. The van der Waals surface area contributed by atoms with Gasteiger partial charge in [0, 0.05) is 0 Å². The lowest BCUT2D eigenvalue weighted by Gasteiger charge is -2.51. The minimum atomic E-state index is -0.601. The van der Waals surface area contributed by atoms with E-state index >= 15 is 0 Å². The molecule has 0 aliphatic heterocycles. The number of allylic oxidation sites excluding steroid dienone is 2. The quantitative estimate of drug-likeness (QED) is 0.688. The van der Waals surface area contributed by atoms with Gasteiger partial charge in [-0.05, 0) is 50.9 Å². The van der Waals surface area contributed by atoms with Crippen LogP contribution in [0.25, 0.3) is 0 Å². The summed E-state index contributed by atoms with van der Waals surface area (Å²) < 4.78 is 0. The molecule has 1 saturated carbocycles. The van der Waals surface area contributed by atoms with Crippen molar-refractivity contribution in [2.45, 2.75) is 52.9 Å². The van der Waals surface area contributed by atoms with Gasteiger partial charge < -0.3 is 5.11 Å². The Kier molecular flexibility index (Phi) is 2.64. The van der Waals surface area contributed by atoms with Gasteiger partial charge in [0.2, 0.25) is 0 Å². The van der Waals surface area contributed by atoms with E-state index in [9.17, 15) is 9.90 Å². The lowest BCUT2D eigenvalue weighted by atomic mass is 9.52. The molecule has 0 saturated heterocycles. The largest absolute Gasteiger partial charge is 0.481 e. The van der Waals surface area contributed by atoms with Gasteiger partial charge in [0.1, 0.15) is 0 Å². The first-order chi connectivity index (χ1) is 7.38. The molecular weight excluding hydrogens is 200 g/mol. The summed E-state index contributed by atoms with van der Waals surface area (Å²) in [7, 11) is 0. The molecule has 0 amide bonds. The van der Waals surface area contributed by atoms with Gasteiger partial charge in [0.05, 0.1) is 5.41 Å². The summed E-state index contributed by atoms with van der Waals surface area (Å²) in [5, 5.41) is 9.50. The van der Waals surface area contributed by atoms with Gasteiger partial charge in [0.15, 0.2) is 0 Å². The molecule has 0 aromatic carbocycles. The van der Waals surface area contributed by atoms with Crippen molar-refractivity contribution < 1.29 is 9.90 Å². The Morgan fingerprint density at radius 2 is 2.12 bits per heavy atom. The molecule has 1 N–H and O–H groups in total. The number of carbonyl (C=O) groups is 1. The topological polar surface area (TPSA) is 37.3 Å². The fraction of sp³-hybridized carbons (Fsp3) is 0.786. The van der Waals surface area contributed by atoms with Crippen LogP contribution in [0.4, 0.5) is 0 Å². The Morgan fingerprint density at radius 3 is 2.75 bits per heavy atom. The summed E-state index contributed by atoms with van der Waals surface area (Å²) in [4.78, 5) is 11.5. The number of fused-ring (bicyclic) bond motifs is 1. The van der Waals surface area contributed by atoms with Crippen LogP contribution >= 0.6 is 0 Å². The molecule has 90 valence electrons. The molecule has 0 spiro atoms. The van der Waals surface area contributed by atoms with Crippen molar-refractivity contribution in [2.75, 3.05) is 0 Å². The second-order valence-corrected chi connectivity index (χ2v) is 6.16. The highest BCUT2D eigenvalue weighted by Crippen LogP contribution is 2.56. The molecular formula is C14H22O2. The van der Waals surface area contributed by atoms with E-state index in [0.29, 0.717) is 5.92 Å². The van der Waals surface area contributed by atoms with Crippen LogP contribution in [0.1, 0.15) is 52.9 Å². The number of hydrogen-bond acceptors (Lipinski definition) is 1.